The van der Waals surface area contributed by atoms with E-state index in [9.17, 15) is 18.0 Å². The standard InChI is InChI=1S/C14H10F3N5O2/c15-14(16,17)9-4-2-1-3-8(9)13-20-19-11-6-5-10(21-22(11)13)18-7-12(23)24/h1-6H,7H2,(H,18,21)(H,23,24). The zero-order valence-electron chi connectivity index (χ0n) is 11.9. The molecule has 0 amide bonds. The van der Waals surface area contributed by atoms with Gasteiger partial charge in [0.05, 0.1) is 5.56 Å². The van der Waals surface area contributed by atoms with Crippen LogP contribution in [0.1, 0.15) is 5.56 Å². The molecule has 2 N–H and O–H groups in total. The number of aromatic nitrogens is 4. The lowest BCUT2D eigenvalue weighted by molar-refractivity contribution is -0.137. The first-order valence-electron chi connectivity index (χ1n) is 6.71. The Labute approximate surface area is 132 Å². The number of halogens is 3. The molecule has 2 aromatic heterocycles. The van der Waals surface area contributed by atoms with Gasteiger partial charge in [0, 0.05) is 5.56 Å². The summed E-state index contributed by atoms with van der Waals surface area (Å²) in [5, 5.41) is 22.8. The van der Waals surface area contributed by atoms with Crippen molar-refractivity contribution in [2.24, 2.45) is 0 Å². The summed E-state index contributed by atoms with van der Waals surface area (Å²) in [6.45, 7) is -0.380. The molecule has 0 aliphatic rings. The second kappa shape index (κ2) is 5.80. The van der Waals surface area contributed by atoms with E-state index in [-0.39, 0.29) is 29.4 Å². The molecule has 1 aromatic carbocycles. The molecule has 24 heavy (non-hydrogen) atoms. The van der Waals surface area contributed by atoms with E-state index in [1.165, 1.54) is 30.3 Å². The van der Waals surface area contributed by atoms with E-state index in [0.29, 0.717) is 0 Å². The number of fused-ring (bicyclic) bond motifs is 1. The van der Waals surface area contributed by atoms with Crippen molar-refractivity contribution >= 4 is 17.4 Å². The minimum Gasteiger partial charge on any atom is -0.480 e. The van der Waals surface area contributed by atoms with E-state index >= 15 is 0 Å². The van der Waals surface area contributed by atoms with Gasteiger partial charge in [0.1, 0.15) is 12.4 Å². The molecule has 2 heterocycles. The highest BCUT2D eigenvalue weighted by Gasteiger charge is 2.34. The fourth-order valence-electron chi connectivity index (χ4n) is 2.14. The zero-order chi connectivity index (χ0) is 17.3. The number of hydrogen-bond donors (Lipinski definition) is 2. The molecule has 0 saturated heterocycles. The summed E-state index contributed by atoms with van der Waals surface area (Å²) in [5.41, 5.74) is -0.784. The van der Waals surface area contributed by atoms with Crippen LogP contribution in [0.2, 0.25) is 0 Å². The van der Waals surface area contributed by atoms with Crippen LogP contribution in [0.4, 0.5) is 19.0 Å². The summed E-state index contributed by atoms with van der Waals surface area (Å²) in [6.07, 6.45) is -4.55. The second-order valence-electron chi connectivity index (χ2n) is 4.80. The van der Waals surface area contributed by atoms with Crippen LogP contribution in [0, 0.1) is 0 Å². The van der Waals surface area contributed by atoms with Gasteiger partial charge in [0.15, 0.2) is 11.5 Å². The third-order valence-corrected chi connectivity index (χ3v) is 3.16. The smallest absolute Gasteiger partial charge is 0.417 e. The lowest BCUT2D eigenvalue weighted by Crippen LogP contribution is -2.14. The largest absolute Gasteiger partial charge is 0.480 e. The van der Waals surface area contributed by atoms with Crippen molar-refractivity contribution in [3.8, 4) is 11.4 Å². The van der Waals surface area contributed by atoms with Gasteiger partial charge in [-0.05, 0) is 18.2 Å². The van der Waals surface area contributed by atoms with Gasteiger partial charge >= 0.3 is 12.1 Å². The predicted octanol–water partition coefficient (Wildman–Crippen LogP) is 2.31. The van der Waals surface area contributed by atoms with E-state index in [2.05, 4.69) is 20.6 Å². The van der Waals surface area contributed by atoms with Crippen LogP contribution < -0.4 is 5.32 Å². The van der Waals surface area contributed by atoms with Crippen LogP contribution >= 0.6 is 0 Å². The van der Waals surface area contributed by atoms with Crippen molar-refractivity contribution in [3.05, 3.63) is 42.0 Å². The van der Waals surface area contributed by atoms with Crippen molar-refractivity contribution in [1.29, 1.82) is 0 Å². The SMILES string of the molecule is O=C(O)CNc1ccc2nnc(-c3ccccc3C(F)(F)F)n2n1. The van der Waals surface area contributed by atoms with Crippen LogP contribution in [0.25, 0.3) is 17.0 Å². The molecule has 0 unspecified atom stereocenters. The fraction of sp³-hybridized carbons (Fsp3) is 0.143. The van der Waals surface area contributed by atoms with Crippen LogP contribution in [0.15, 0.2) is 36.4 Å². The highest BCUT2D eigenvalue weighted by Crippen LogP contribution is 2.36. The van der Waals surface area contributed by atoms with E-state index < -0.39 is 17.7 Å². The molecule has 124 valence electrons. The Kier molecular flexibility index (Phi) is 3.80. The van der Waals surface area contributed by atoms with Gasteiger partial charge in [-0.2, -0.15) is 17.7 Å². The van der Waals surface area contributed by atoms with Crippen molar-refractivity contribution in [2.75, 3.05) is 11.9 Å². The first kappa shape index (κ1) is 15.7. The Morgan fingerprint density at radius 2 is 1.92 bits per heavy atom. The molecule has 0 fully saturated rings. The first-order chi connectivity index (χ1) is 11.4. The van der Waals surface area contributed by atoms with Gasteiger partial charge in [0.25, 0.3) is 0 Å². The fourth-order valence-corrected chi connectivity index (χ4v) is 2.14. The summed E-state index contributed by atoms with van der Waals surface area (Å²) in [5.74, 6) is -1.00. The molecule has 10 heteroatoms. The number of carboxylic acids is 1. The molecule has 0 radical (unpaired) electrons. The maximum Gasteiger partial charge on any atom is 0.417 e. The van der Waals surface area contributed by atoms with Crippen molar-refractivity contribution < 1.29 is 23.1 Å². The summed E-state index contributed by atoms with van der Waals surface area (Å²) >= 11 is 0. The number of hydrogen-bond acceptors (Lipinski definition) is 5. The molecule has 0 aliphatic heterocycles. The van der Waals surface area contributed by atoms with E-state index in [1.807, 2.05) is 0 Å². The molecule has 0 atom stereocenters. The molecule has 3 rings (SSSR count). The lowest BCUT2D eigenvalue weighted by atomic mass is 10.1. The normalized spacial score (nSPS) is 11.6. The van der Waals surface area contributed by atoms with Crippen LogP contribution in [-0.4, -0.2) is 37.4 Å². The maximum absolute atomic E-state index is 13.2. The van der Waals surface area contributed by atoms with E-state index in [1.54, 1.807) is 0 Å². The van der Waals surface area contributed by atoms with Gasteiger partial charge in [-0.15, -0.1) is 15.3 Å². The summed E-state index contributed by atoms with van der Waals surface area (Å²) < 4.78 is 40.7. The number of anilines is 1. The van der Waals surface area contributed by atoms with Crippen LogP contribution in [0.3, 0.4) is 0 Å². The number of nitrogens with one attached hydrogen (secondary N) is 1. The van der Waals surface area contributed by atoms with Gasteiger partial charge in [0.2, 0.25) is 0 Å². The van der Waals surface area contributed by atoms with Crippen LogP contribution in [0.5, 0.6) is 0 Å². The molecule has 0 saturated carbocycles. The van der Waals surface area contributed by atoms with Crippen molar-refractivity contribution in [2.45, 2.75) is 6.18 Å². The number of rotatable bonds is 4. The Morgan fingerprint density at radius 1 is 1.17 bits per heavy atom. The van der Waals surface area contributed by atoms with Crippen molar-refractivity contribution in [1.82, 2.24) is 19.8 Å². The summed E-state index contributed by atoms with van der Waals surface area (Å²) in [7, 11) is 0. The van der Waals surface area contributed by atoms with E-state index in [4.69, 9.17) is 5.11 Å². The van der Waals surface area contributed by atoms with Crippen molar-refractivity contribution in [3.63, 3.8) is 0 Å². The Balaban J connectivity index is 2.11. The predicted molar refractivity (Wildman–Crippen MR) is 77.3 cm³/mol. The maximum atomic E-state index is 13.2. The molecular formula is C14H10F3N5O2. The topological polar surface area (TPSA) is 92.4 Å². The average molecular weight is 337 g/mol. The number of carboxylic acid groups (broad SMARTS) is 1. The number of alkyl halides is 3. The average Bonchev–Trinajstić information content (AvgIpc) is 2.95. The first-order valence-corrected chi connectivity index (χ1v) is 6.71. The van der Waals surface area contributed by atoms with Gasteiger partial charge in [-0.3, -0.25) is 4.79 Å². The number of nitrogens with zero attached hydrogens (tertiary/aromatic N) is 4. The Morgan fingerprint density at radius 3 is 2.62 bits per heavy atom. The molecular weight excluding hydrogens is 327 g/mol. The molecule has 3 aromatic rings. The second-order valence-corrected chi connectivity index (χ2v) is 4.80. The Bertz CT molecular complexity index is 907. The van der Waals surface area contributed by atoms with Gasteiger partial charge in [-0.1, -0.05) is 18.2 Å². The molecule has 0 aliphatic carbocycles. The summed E-state index contributed by atoms with van der Waals surface area (Å²) in [6, 6.07) is 7.90. The molecule has 7 nitrogen and oxygen atoms in total. The lowest BCUT2D eigenvalue weighted by Gasteiger charge is -2.11. The highest BCUT2D eigenvalue weighted by molar-refractivity contribution is 5.72. The molecule has 0 bridgehead atoms. The summed E-state index contributed by atoms with van der Waals surface area (Å²) in [4.78, 5) is 10.6. The molecule has 0 spiro atoms. The third-order valence-electron chi connectivity index (χ3n) is 3.16. The van der Waals surface area contributed by atoms with Gasteiger partial charge < -0.3 is 10.4 Å². The minimum atomic E-state index is -4.55. The number of benzene rings is 1. The number of aliphatic carboxylic acids is 1. The zero-order valence-corrected chi connectivity index (χ0v) is 11.9. The number of carbonyl (C=O) groups is 1. The quantitative estimate of drug-likeness (QED) is 0.759. The monoisotopic (exact) mass is 337 g/mol. The minimum absolute atomic E-state index is 0.0862. The Hall–Kier alpha value is -3.17. The van der Waals surface area contributed by atoms with Gasteiger partial charge in [-0.25, -0.2) is 0 Å². The third kappa shape index (κ3) is 2.98. The van der Waals surface area contributed by atoms with E-state index in [0.717, 1.165) is 10.6 Å². The highest BCUT2D eigenvalue weighted by atomic mass is 19.4. The van der Waals surface area contributed by atoms with Crippen LogP contribution in [-0.2, 0) is 11.0 Å².